The highest BCUT2D eigenvalue weighted by Gasteiger charge is 2.22. The highest BCUT2D eigenvalue weighted by atomic mass is 16.2. The fourth-order valence-corrected chi connectivity index (χ4v) is 1.76. The van der Waals surface area contributed by atoms with E-state index in [1.54, 1.807) is 0 Å². The van der Waals surface area contributed by atoms with Crippen molar-refractivity contribution in [1.29, 1.82) is 0 Å². The molecule has 1 fully saturated rings. The number of nitrogens with zero attached hydrogens (tertiary/aromatic N) is 1. The van der Waals surface area contributed by atoms with Crippen LogP contribution < -0.4 is 5.32 Å². The van der Waals surface area contributed by atoms with Crippen LogP contribution in [0.4, 0.5) is 0 Å². The van der Waals surface area contributed by atoms with Crippen LogP contribution in [0.2, 0.25) is 0 Å². The molecule has 1 atom stereocenters. The van der Waals surface area contributed by atoms with Crippen molar-refractivity contribution in [2.24, 2.45) is 5.92 Å². The number of rotatable bonds is 7. The summed E-state index contributed by atoms with van der Waals surface area (Å²) in [7, 11) is 0. The molecular formula is C12H24N2O. The molecule has 88 valence electrons. The van der Waals surface area contributed by atoms with Crippen molar-refractivity contribution in [2.75, 3.05) is 19.6 Å². The van der Waals surface area contributed by atoms with Gasteiger partial charge in [0.1, 0.15) is 0 Å². The summed E-state index contributed by atoms with van der Waals surface area (Å²) >= 11 is 0. The number of hydrogen-bond acceptors (Lipinski definition) is 2. The second kappa shape index (κ2) is 6.11. The molecule has 3 heteroatoms. The van der Waals surface area contributed by atoms with E-state index in [9.17, 15) is 4.79 Å². The van der Waals surface area contributed by atoms with Gasteiger partial charge in [-0.25, -0.2) is 0 Å². The van der Waals surface area contributed by atoms with Crippen molar-refractivity contribution in [3.05, 3.63) is 0 Å². The quantitative estimate of drug-likeness (QED) is 0.695. The van der Waals surface area contributed by atoms with Gasteiger partial charge in [0.05, 0.1) is 6.54 Å². The Morgan fingerprint density at radius 2 is 2.13 bits per heavy atom. The first-order valence-corrected chi connectivity index (χ1v) is 6.19. The van der Waals surface area contributed by atoms with Crippen LogP contribution in [0.5, 0.6) is 0 Å². The largest absolute Gasteiger partial charge is 0.339 e. The molecular weight excluding hydrogens is 188 g/mol. The lowest BCUT2D eigenvalue weighted by atomic mass is 10.2. The predicted octanol–water partition coefficient (Wildman–Crippen LogP) is 1.63. The standard InChI is InChI=1S/C12H24N2O/c1-4-10(3)14(5-2)12(15)9-13-8-11-6-7-11/h10-11,13H,4-9H2,1-3H3. The van der Waals surface area contributed by atoms with Gasteiger partial charge in [-0.1, -0.05) is 6.92 Å². The van der Waals surface area contributed by atoms with Crippen molar-refractivity contribution >= 4 is 5.91 Å². The highest BCUT2D eigenvalue weighted by molar-refractivity contribution is 5.78. The summed E-state index contributed by atoms with van der Waals surface area (Å²) in [6, 6.07) is 0.366. The molecule has 1 unspecified atom stereocenters. The third kappa shape index (κ3) is 4.20. The Morgan fingerprint density at radius 1 is 1.47 bits per heavy atom. The van der Waals surface area contributed by atoms with Crippen molar-refractivity contribution < 1.29 is 4.79 Å². The minimum absolute atomic E-state index is 0.243. The van der Waals surface area contributed by atoms with E-state index < -0.39 is 0 Å². The zero-order valence-corrected chi connectivity index (χ0v) is 10.3. The van der Waals surface area contributed by atoms with Gasteiger partial charge in [0.2, 0.25) is 5.91 Å². The number of carbonyl (C=O) groups excluding carboxylic acids is 1. The minimum Gasteiger partial charge on any atom is -0.339 e. The summed E-state index contributed by atoms with van der Waals surface area (Å²) in [5.74, 6) is 1.09. The Hall–Kier alpha value is -0.570. The monoisotopic (exact) mass is 212 g/mol. The van der Waals surface area contributed by atoms with Crippen LogP contribution in [0.15, 0.2) is 0 Å². The molecule has 1 amide bonds. The molecule has 1 aliphatic rings. The predicted molar refractivity (Wildman–Crippen MR) is 62.7 cm³/mol. The summed E-state index contributed by atoms with van der Waals surface area (Å²) in [6.45, 7) is 8.63. The molecule has 0 aromatic heterocycles. The molecule has 0 aromatic carbocycles. The third-order valence-corrected chi connectivity index (χ3v) is 3.19. The van der Waals surface area contributed by atoms with E-state index in [1.165, 1.54) is 12.8 Å². The molecule has 0 heterocycles. The molecule has 1 aliphatic carbocycles. The Bertz CT molecular complexity index is 202. The highest BCUT2D eigenvalue weighted by Crippen LogP contribution is 2.27. The molecule has 0 spiro atoms. The first-order chi connectivity index (χ1) is 7.19. The fraction of sp³-hybridized carbons (Fsp3) is 0.917. The number of amides is 1. The van der Waals surface area contributed by atoms with Crippen LogP contribution in [0.3, 0.4) is 0 Å². The van der Waals surface area contributed by atoms with Gasteiger partial charge >= 0.3 is 0 Å². The molecule has 0 radical (unpaired) electrons. The molecule has 15 heavy (non-hydrogen) atoms. The van der Waals surface area contributed by atoms with E-state index in [1.807, 2.05) is 11.8 Å². The summed E-state index contributed by atoms with van der Waals surface area (Å²) in [5.41, 5.74) is 0. The van der Waals surface area contributed by atoms with Crippen molar-refractivity contribution in [3.8, 4) is 0 Å². The van der Waals surface area contributed by atoms with Gasteiger partial charge < -0.3 is 10.2 Å². The van der Waals surface area contributed by atoms with Gasteiger partial charge in [-0.15, -0.1) is 0 Å². The van der Waals surface area contributed by atoms with E-state index in [4.69, 9.17) is 0 Å². The van der Waals surface area contributed by atoms with E-state index in [0.717, 1.165) is 25.4 Å². The Balaban J connectivity index is 2.21. The van der Waals surface area contributed by atoms with Crippen LogP contribution in [0.25, 0.3) is 0 Å². The molecule has 0 aromatic rings. The lowest BCUT2D eigenvalue weighted by molar-refractivity contribution is -0.132. The number of carbonyl (C=O) groups is 1. The Labute approximate surface area is 93.2 Å². The van der Waals surface area contributed by atoms with Crippen molar-refractivity contribution in [3.63, 3.8) is 0 Å². The topological polar surface area (TPSA) is 32.3 Å². The SMILES string of the molecule is CCC(C)N(CC)C(=O)CNCC1CC1. The lowest BCUT2D eigenvalue weighted by Gasteiger charge is -2.27. The second-order valence-electron chi connectivity index (χ2n) is 4.51. The smallest absolute Gasteiger partial charge is 0.236 e. The van der Waals surface area contributed by atoms with E-state index in [-0.39, 0.29) is 5.91 Å². The molecule has 0 aliphatic heterocycles. The van der Waals surface area contributed by atoms with E-state index in [2.05, 4.69) is 19.2 Å². The Morgan fingerprint density at radius 3 is 2.60 bits per heavy atom. The fourth-order valence-electron chi connectivity index (χ4n) is 1.76. The summed E-state index contributed by atoms with van der Waals surface area (Å²) in [5, 5.41) is 3.25. The van der Waals surface area contributed by atoms with Crippen LogP contribution in [0, 0.1) is 5.92 Å². The van der Waals surface area contributed by atoms with Crippen LogP contribution in [-0.2, 0) is 4.79 Å². The molecule has 1 N–H and O–H groups in total. The molecule has 3 nitrogen and oxygen atoms in total. The molecule has 0 saturated heterocycles. The van der Waals surface area contributed by atoms with Crippen LogP contribution >= 0.6 is 0 Å². The van der Waals surface area contributed by atoms with Gasteiger partial charge in [0.25, 0.3) is 0 Å². The number of hydrogen-bond donors (Lipinski definition) is 1. The van der Waals surface area contributed by atoms with Crippen LogP contribution in [-0.4, -0.2) is 36.5 Å². The van der Waals surface area contributed by atoms with Crippen molar-refractivity contribution in [1.82, 2.24) is 10.2 Å². The number of likely N-dealkylation sites (N-methyl/N-ethyl adjacent to an activating group) is 1. The number of nitrogens with one attached hydrogen (secondary N) is 1. The minimum atomic E-state index is 0.243. The zero-order valence-electron chi connectivity index (χ0n) is 10.3. The summed E-state index contributed by atoms with van der Waals surface area (Å²) in [6.07, 6.45) is 3.70. The van der Waals surface area contributed by atoms with Crippen LogP contribution in [0.1, 0.15) is 40.0 Å². The maximum absolute atomic E-state index is 11.8. The molecule has 1 saturated carbocycles. The van der Waals surface area contributed by atoms with Gasteiger partial charge in [-0.2, -0.15) is 0 Å². The maximum Gasteiger partial charge on any atom is 0.236 e. The Kier molecular flexibility index (Phi) is 5.09. The molecule has 1 rings (SSSR count). The van der Waals surface area contributed by atoms with E-state index >= 15 is 0 Å². The normalized spacial score (nSPS) is 17.5. The average Bonchev–Trinajstić information content (AvgIpc) is 3.02. The summed E-state index contributed by atoms with van der Waals surface area (Å²) < 4.78 is 0. The van der Waals surface area contributed by atoms with E-state index in [0.29, 0.717) is 12.6 Å². The first-order valence-electron chi connectivity index (χ1n) is 6.19. The van der Waals surface area contributed by atoms with Crippen molar-refractivity contribution in [2.45, 2.75) is 46.1 Å². The van der Waals surface area contributed by atoms with Gasteiger partial charge in [0.15, 0.2) is 0 Å². The van der Waals surface area contributed by atoms with Gasteiger partial charge in [-0.05, 0) is 45.6 Å². The lowest BCUT2D eigenvalue weighted by Crippen LogP contribution is -2.43. The first kappa shape index (κ1) is 12.5. The van der Waals surface area contributed by atoms with Gasteiger partial charge in [-0.3, -0.25) is 4.79 Å². The zero-order chi connectivity index (χ0) is 11.3. The maximum atomic E-state index is 11.8. The second-order valence-corrected chi connectivity index (χ2v) is 4.51. The third-order valence-electron chi connectivity index (χ3n) is 3.19. The average molecular weight is 212 g/mol. The molecule has 0 bridgehead atoms. The summed E-state index contributed by atoms with van der Waals surface area (Å²) in [4.78, 5) is 13.8. The van der Waals surface area contributed by atoms with Gasteiger partial charge in [0, 0.05) is 12.6 Å².